The zero-order valence-electron chi connectivity index (χ0n) is 32.9. The number of rotatable bonds is 7. The zero-order chi connectivity index (χ0) is 39.6. The summed E-state index contributed by atoms with van der Waals surface area (Å²) in [5.41, 5.74) is -7.72. The second-order valence-corrected chi connectivity index (χ2v) is 16.9. The number of alkyl carbamates (subject to hydrolysis) is 1. The van der Waals surface area contributed by atoms with E-state index in [-0.39, 0.29) is 118 Å². The second-order valence-electron chi connectivity index (χ2n) is 16.9. The number of amides is 1. The molecule has 1 amide bonds. The Balaban J connectivity index is 0.00000406. The summed E-state index contributed by atoms with van der Waals surface area (Å²) in [6.07, 6.45) is -9.70. The van der Waals surface area contributed by atoms with E-state index in [2.05, 4.69) is 5.32 Å². The maximum atomic E-state index is 14.6. The molecule has 4 aliphatic rings. The Hall–Kier alpha value is -0.777. The number of hydrogen-bond acceptors (Lipinski definition) is 13. The molecule has 1 saturated heterocycles. The van der Waals surface area contributed by atoms with Crippen LogP contribution in [0.5, 0.6) is 0 Å². The van der Waals surface area contributed by atoms with Crippen molar-refractivity contribution in [1.82, 2.24) is 5.32 Å². The van der Waals surface area contributed by atoms with Gasteiger partial charge in [-0.25, -0.2) is 14.4 Å². The van der Waals surface area contributed by atoms with Crippen molar-refractivity contribution < 1.29 is 152 Å². The Morgan fingerprint density at radius 2 is 1.62 bits per heavy atom. The van der Waals surface area contributed by atoms with E-state index < -0.39 is 106 Å². The maximum absolute atomic E-state index is 14.6. The van der Waals surface area contributed by atoms with Crippen LogP contribution in [0.3, 0.4) is 0 Å². The number of ether oxygens (including phenoxy) is 4. The fourth-order valence-electron chi connectivity index (χ4n) is 8.75. The van der Waals surface area contributed by atoms with E-state index in [1.54, 1.807) is 66.7 Å². The summed E-state index contributed by atoms with van der Waals surface area (Å²) in [4.78, 5) is 54.9. The van der Waals surface area contributed by atoms with E-state index in [4.69, 9.17) is 18.9 Å². The predicted molar refractivity (Wildman–Crippen MR) is 188 cm³/mol. The van der Waals surface area contributed by atoms with Crippen molar-refractivity contribution >= 4 is 23.8 Å². The van der Waals surface area contributed by atoms with Crippen molar-refractivity contribution in [2.24, 2.45) is 16.7 Å². The summed E-state index contributed by atoms with van der Waals surface area (Å²) in [6, 6.07) is 6.59. The van der Waals surface area contributed by atoms with Gasteiger partial charge in [0.1, 0.15) is 35.1 Å². The average molecular weight is 1200 g/mol. The number of hydrogen-bond donors (Lipinski definition) is 6. The van der Waals surface area contributed by atoms with Gasteiger partial charge < -0.3 is 49.8 Å². The molecule has 6 N–H and O–H groups in total. The molecule has 14 nitrogen and oxygen atoms in total. The molecule has 3 fully saturated rings. The Kier molecular flexibility index (Phi) is 15.4. The minimum atomic E-state index is -2.29. The Morgan fingerprint density at radius 1 is 1.02 bits per heavy atom. The van der Waals surface area contributed by atoms with Crippen LogP contribution in [0.2, 0.25) is 0 Å². The van der Waals surface area contributed by atoms with Crippen LogP contribution >= 0.6 is 0 Å². The van der Waals surface area contributed by atoms with Gasteiger partial charge in [-0.2, -0.15) is 0 Å². The molecule has 1 unspecified atom stereocenters. The van der Waals surface area contributed by atoms with Gasteiger partial charge in [0.05, 0.1) is 35.8 Å². The molecule has 0 spiro atoms. The average Bonchev–Trinajstić information content (AvgIpc) is 3.05. The third kappa shape index (κ3) is 8.77. The first-order chi connectivity index (χ1) is 24.4. The number of ketones is 1. The van der Waals surface area contributed by atoms with Crippen LogP contribution in [0, 0.1) is 105 Å². The number of fused-ring (bicyclic) bond motifs is 5. The van der Waals surface area contributed by atoms with Gasteiger partial charge in [-0.05, 0) is 71.7 Å². The fraction of sp³-hybridized carbons (Fsp3) is 0.641. The van der Waals surface area contributed by atoms with Crippen molar-refractivity contribution in [2.45, 2.75) is 135 Å². The van der Waals surface area contributed by atoms with E-state index in [1.165, 1.54) is 32.1 Å². The van der Waals surface area contributed by atoms with Crippen LogP contribution in [0.1, 0.15) is 85.5 Å². The number of benzene rings is 1. The number of aliphatic hydroxyl groups is 5. The van der Waals surface area contributed by atoms with Crippen LogP contribution < -0.4 is 5.32 Å². The number of aliphatic hydroxyl groups excluding tert-OH is 3. The third-order valence-electron chi connectivity index (χ3n) is 11.7. The first-order valence-corrected chi connectivity index (χ1v) is 17.9. The Bertz CT molecular complexity index is 1710. The Morgan fingerprint density at radius 3 is 2.15 bits per heavy atom. The van der Waals surface area contributed by atoms with Gasteiger partial charge in [-0.15, -0.1) is 0 Å². The van der Waals surface area contributed by atoms with Crippen LogP contribution in [0.25, 0.3) is 0 Å². The van der Waals surface area contributed by atoms with E-state index in [0.29, 0.717) is 5.57 Å². The van der Waals surface area contributed by atoms with Gasteiger partial charge in [0.15, 0.2) is 11.9 Å². The molecule has 2 saturated carbocycles. The summed E-state index contributed by atoms with van der Waals surface area (Å²) < 4.78 is 23.0. The van der Waals surface area contributed by atoms with Gasteiger partial charge >= 0.3 is 18.0 Å². The molecule has 3 aliphatic carbocycles. The molecule has 2 radical (unpaired) electrons. The van der Waals surface area contributed by atoms with E-state index in [1.807, 2.05) is 0 Å². The number of carbonyl (C=O) groups excluding carboxylic acids is 4. The van der Waals surface area contributed by atoms with Gasteiger partial charge in [0.25, 0.3) is 0 Å². The molecule has 5 rings (SSSR count). The number of allylic oxidation sites excluding steroid dienone is 1. The second kappa shape index (κ2) is 17.4. The maximum Gasteiger partial charge on any atom is 0.408 e. The van der Waals surface area contributed by atoms with Crippen molar-refractivity contribution in [3.63, 3.8) is 0 Å². The molecule has 11 atom stereocenters. The predicted octanol–water partition coefficient (Wildman–Crippen LogP) is 2.28. The quantitative estimate of drug-likeness (QED) is 0.132. The van der Waals surface area contributed by atoms with Crippen molar-refractivity contribution in [3.05, 3.63) is 58.7 Å². The van der Waals surface area contributed by atoms with Gasteiger partial charge in [-0.3, -0.25) is 4.79 Å². The molecule has 0 aromatic heterocycles. The van der Waals surface area contributed by atoms with Crippen molar-refractivity contribution in [1.29, 1.82) is 0 Å². The summed E-state index contributed by atoms with van der Waals surface area (Å²) in [5, 5.41) is 62.7. The van der Waals surface area contributed by atoms with Crippen molar-refractivity contribution in [3.8, 4) is 0 Å². The molecule has 2 bridgehead atoms. The number of carbonyl (C=O) groups is 4. The first kappa shape index (κ1) is 48.6. The number of esters is 2. The standard InChI is InChI=1S/C39H53NO13.2Ac/c1-19(2)15-22(40-34(47)53-35(4,5)6)27(42)33(46)51-23-17-39(49)31(52-32(45)21-13-11-10-12-14-21)29-37(9,24(41)16-25-38(29,48)18-50-25)30(44)28(43)26(20(23)3)36(39,7)8;;/h10-15,22-25,27-29,31,41-43,48-49H,16-18H2,1-9H3,(H,40,47);;/t22-,23?,24-,25+,27+,28+,29-,31-,37+,38-,39+;;/m0../s1. The van der Waals surface area contributed by atoms with Crippen molar-refractivity contribution in [2.75, 3.05) is 6.61 Å². The summed E-state index contributed by atoms with van der Waals surface area (Å²) in [5.74, 6) is -4.52. The smallest absolute Gasteiger partial charge is 0.408 e. The van der Waals surface area contributed by atoms with E-state index in [9.17, 15) is 44.7 Å². The molecule has 1 aromatic carbocycles. The fourth-order valence-corrected chi connectivity index (χ4v) is 8.75. The minimum absolute atomic E-state index is 0. The SMILES string of the molecule is CC(C)=C[C@H](NC(=O)OC(C)(C)C)[C@@H](O)C(=O)OC1C[C@@]2(O)[C@@H](OC(=O)c3ccccc3)[C@@H]3[C@]4(O)CO[C@@H]4C[C@H](O)[C@@]3(C)C(=O)[C@H](O)C(=C1C)C2(C)C.[Ac].[Ac]. The van der Waals surface area contributed by atoms with Crippen LogP contribution in [0.4, 0.5) is 4.79 Å². The molecule has 16 heteroatoms. The number of nitrogens with one attached hydrogen (secondary N) is 1. The summed E-state index contributed by atoms with van der Waals surface area (Å²) in [7, 11) is 0. The van der Waals surface area contributed by atoms with Crippen LogP contribution in [-0.2, 0) is 28.5 Å². The van der Waals surface area contributed by atoms with E-state index in [0.717, 1.165) is 0 Å². The molecule has 298 valence electrons. The minimum Gasteiger partial charge on any atom is -0.456 e. The molecule has 1 aromatic rings. The molecular formula is C39H53Ac2NO13. The first-order valence-electron chi connectivity index (χ1n) is 17.9. The largest absolute Gasteiger partial charge is 0.456 e. The van der Waals surface area contributed by atoms with Gasteiger partial charge in [0, 0.05) is 112 Å². The van der Waals surface area contributed by atoms with Gasteiger partial charge in [-0.1, -0.05) is 43.7 Å². The molecule has 1 aliphatic heterocycles. The Labute approximate surface area is 393 Å². The summed E-state index contributed by atoms with van der Waals surface area (Å²) >= 11 is 0. The number of Topliss-reactive ketones (excluding diaryl/α,β-unsaturated/α-hetero) is 1. The van der Waals surface area contributed by atoms with Crippen LogP contribution in [0.15, 0.2) is 53.1 Å². The van der Waals surface area contributed by atoms with Gasteiger partial charge in [0.2, 0.25) is 0 Å². The zero-order valence-corrected chi connectivity index (χ0v) is 42.4. The van der Waals surface area contributed by atoms with E-state index >= 15 is 0 Å². The monoisotopic (exact) mass is 1200 g/mol. The third-order valence-corrected chi connectivity index (χ3v) is 11.7. The normalized spacial score (nSPS) is 34.5. The van der Waals surface area contributed by atoms with Crippen LogP contribution in [-0.4, -0.2) is 115 Å². The summed E-state index contributed by atoms with van der Waals surface area (Å²) in [6.45, 7) is 14.0. The molecule has 1 heterocycles. The topological polar surface area (TPSA) is 218 Å². The molecule has 55 heavy (non-hydrogen) atoms. The molecular weight excluding hydrogens is 1140 g/mol.